The maximum absolute atomic E-state index is 12.5. The third-order valence-electron chi connectivity index (χ3n) is 4.90. The fourth-order valence-corrected chi connectivity index (χ4v) is 3.32. The molecule has 3 heterocycles. The van der Waals surface area contributed by atoms with E-state index in [4.69, 9.17) is 19.4 Å². The molecule has 2 aromatic rings. The molecule has 8 heteroatoms. The Labute approximate surface area is 194 Å². The summed E-state index contributed by atoms with van der Waals surface area (Å²) in [5.74, 6) is -0.923. The molecule has 0 saturated carbocycles. The lowest BCUT2D eigenvalue weighted by Gasteiger charge is -2.10. The molecule has 0 atom stereocenters. The van der Waals surface area contributed by atoms with Crippen LogP contribution in [-0.4, -0.2) is 48.2 Å². The Morgan fingerprint density at radius 2 is 1.48 bits per heavy atom. The van der Waals surface area contributed by atoms with Gasteiger partial charge in [-0.25, -0.2) is 19.6 Å². The third kappa shape index (κ3) is 7.34. The van der Waals surface area contributed by atoms with Crippen LogP contribution in [0.4, 0.5) is 0 Å². The van der Waals surface area contributed by atoms with Crippen molar-refractivity contribution in [2.45, 2.75) is 33.4 Å². The Kier molecular flexibility index (Phi) is 9.29. The molecule has 0 aliphatic carbocycles. The summed E-state index contributed by atoms with van der Waals surface area (Å²) < 4.78 is 10.4. The van der Waals surface area contributed by atoms with Crippen LogP contribution >= 0.6 is 0 Å². The van der Waals surface area contributed by atoms with Crippen molar-refractivity contribution in [3.8, 4) is 11.4 Å². The van der Waals surface area contributed by atoms with Gasteiger partial charge in [-0.2, -0.15) is 0 Å². The molecule has 4 bridgehead atoms. The van der Waals surface area contributed by atoms with Gasteiger partial charge in [0.25, 0.3) is 0 Å². The summed E-state index contributed by atoms with van der Waals surface area (Å²) in [4.78, 5) is 34.4. The summed E-state index contributed by atoms with van der Waals surface area (Å²) in [7, 11) is 0. The topological polar surface area (TPSA) is 102 Å². The summed E-state index contributed by atoms with van der Waals surface area (Å²) in [6.07, 6.45) is 3.68. The van der Waals surface area contributed by atoms with Crippen molar-refractivity contribution in [3.05, 3.63) is 71.1 Å². The first kappa shape index (κ1) is 24.3. The van der Waals surface area contributed by atoms with Crippen LogP contribution < -0.4 is 10.6 Å². The van der Waals surface area contributed by atoms with E-state index in [2.05, 4.69) is 10.6 Å². The summed E-state index contributed by atoms with van der Waals surface area (Å²) in [5, 5.41) is 6.58. The molecule has 0 spiro atoms. The number of pyridine rings is 2. The molecule has 0 radical (unpaired) electrons. The third-order valence-corrected chi connectivity index (χ3v) is 4.90. The summed E-state index contributed by atoms with van der Waals surface area (Å²) in [6, 6.07) is 11.7. The Morgan fingerprint density at radius 3 is 2.12 bits per heavy atom. The Hall–Kier alpha value is -3.36. The molecular weight excluding hydrogens is 420 g/mol. The molecule has 0 fully saturated rings. The SMILES string of the molecule is CCOC(=O)C1=C\CNCc2cccc(n2)-c2cccc(n2)CNCC/C(C(=O)OCC)=C\1. The average Bonchev–Trinajstić information content (AvgIpc) is 2.82. The van der Waals surface area contributed by atoms with Crippen LogP contribution in [0.15, 0.2) is 59.7 Å². The quantitative estimate of drug-likeness (QED) is 0.686. The predicted molar refractivity (Wildman–Crippen MR) is 125 cm³/mol. The fraction of sp³-hybridized carbons (Fsp3) is 0.360. The van der Waals surface area contributed by atoms with E-state index >= 15 is 0 Å². The van der Waals surface area contributed by atoms with Gasteiger partial charge in [-0.15, -0.1) is 0 Å². The Bertz CT molecular complexity index is 1030. The van der Waals surface area contributed by atoms with E-state index in [1.807, 2.05) is 36.4 Å². The second-order valence-electron chi connectivity index (χ2n) is 7.36. The first-order valence-corrected chi connectivity index (χ1v) is 11.2. The second kappa shape index (κ2) is 12.6. The predicted octanol–water partition coefficient (Wildman–Crippen LogP) is 2.71. The minimum Gasteiger partial charge on any atom is -0.463 e. The number of esters is 2. The number of hydrogen-bond acceptors (Lipinski definition) is 8. The van der Waals surface area contributed by atoms with Crippen LogP contribution in [0, 0.1) is 0 Å². The van der Waals surface area contributed by atoms with Gasteiger partial charge >= 0.3 is 11.9 Å². The molecule has 8 nitrogen and oxygen atoms in total. The van der Waals surface area contributed by atoms with E-state index < -0.39 is 11.9 Å². The number of fused-ring (bicyclic) bond motifs is 5. The van der Waals surface area contributed by atoms with Crippen molar-refractivity contribution in [1.82, 2.24) is 20.6 Å². The van der Waals surface area contributed by atoms with Gasteiger partial charge in [-0.3, -0.25) is 0 Å². The molecule has 174 valence electrons. The number of nitrogens with zero attached hydrogens (tertiary/aromatic N) is 2. The number of ether oxygens (including phenoxy) is 2. The lowest BCUT2D eigenvalue weighted by atomic mass is 10.1. The zero-order chi connectivity index (χ0) is 23.5. The monoisotopic (exact) mass is 450 g/mol. The molecule has 0 amide bonds. The molecule has 0 unspecified atom stereocenters. The van der Waals surface area contributed by atoms with Gasteiger partial charge in [-0.1, -0.05) is 18.2 Å². The molecule has 33 heavy (non-hydrogen) atoms. The molecule has 1 aliphatic rings. The van der Waals surface area contributed by atoms with Gasteiger partial charge in [0.05, 0.1) is 41.6 Å². The van der Waals surface area contributed by atoms with Gasteiger partial charge < -0.3 is 20.1 Å². The van der Waals surface area contributed by atoms with Crippen molar-refractivity contribution in [2.24, 2.45) is 0 Å². The van der Waals surface area contributed by atoms with E-state index in [0.717, 1.165) is 22.8 Å². The van der Waals surface area contributed by atoms with Gasteiger partial charge in [-0.05, 0) is 57.2 Å². The zero-order valence-electron chi connectivity index (χ0n) is 19.1. The number of hydrogen-bond donors (Lipinski definition) is 2. The molecular formula is C25H30N4O4. The molecule has 0 aromatic carbocycles. The van der Waals surface area contributed by atoms with Gasteiger partial charge in [0, 0.05) is 25.2 Å². The summed E-state index contributed by atoms with van der Waals surface area (Å²) in [5.41, 5.74) is 4.05. The van der Waals surface area contributed by atoms with Crippen molar-refractivity contribution >= 4 is 11.9 Å². The van der Waals surface area contributed by atoms with E-state index in [1.165, 1.54) is 0 Å². The maximum atomic E-state index is 12.5. The smallest absolute Gasteiger partial charge is 0.337 e. The molecule has 3 rings (SSSR count). The normalized spacial score (nSPS) is 18.1. The van der Waals surface area contributed by atoms with Crippen molar-refractivity contribution in [1.29, 1.82) is 0 Å². The lowest BCUT2D eigenvalue weighted by Crippen LogP contribution is -2.20. The first-order valence-electron chi connectivity index (χ1n) is 11.2. The van der Waals surface area contributed by atoms with Crippen LogP contribution in [0.1, 0.15) is 31.7 Å². The van der Waals surface area contributed by atoms with Crippen LogP contribution in [-0.2, 0) is 32.2 Å². The first-order chi connectivity index (χ1) is 16.1. The minimum atomic E-state index is -0.479. The van der Waals surface area contributed by atoms with E-state index in [9.17, 15) is 9.59 Å². The van der Waals surface area contributed by atoms with Crippen LogP contribution in [0.5, 0.6) is 0 Å². The van der Waals surface area contributed by atoms with E-state index in [1.54, 1.807) is 26.0 Å². The number of aromatic nitrogens is 2. The molecule has 2 N–H and O–H groups in total. The minimum absolute atomic E-state index is 0.246. The number of rotatable bonds is 4. The molecule has 1 aliphatic heterocycles. The van der Waals surface area contributed by atoms with Crippen LogP contribution in [0.3, 0.4) is 0 Å². The maximum Gasteiger partial charge on any atom is 0.337 e. The van der Waals surface area contributed by atoms with Gasteiger partial charge in [0.15, 0.2) is 0 Å². The fourth-order valence-electron chi connectivity index (χ4n) is 3.32. The average molecular weight is 451 g/mol. The van der Waals surface area contributed by atoms with Crippen molar-refractivity contribution < 1.29 is 19.1 Å². The number of carbonyl (C=O) groups is 2. The standard InChI is InChI=1S/C25H30N4O4/c1-3-32-24(30)18-11-13-26-16-20-7-5-9-22(28-20)23-10-6-8-21(29-23)17-27-14-12-19(15-18)25(31)33-4-2/h5-11,15,26-27H,3-4,12-14,16-17H2,1-2H3/b18-11-,19-15+. The van der Waals surface area contributed by atoms with E-state index in [-0.39, 0.29) is 13.2 Å². The van der Waals surface area contributed by atoms with Crippen molar-refractivity contribution in [3.63, 3.8) is 0 Å². The highest BCUT2D eigenvalue weighted by Crippen LogP contribution is 2.16. The Morgan fingerprint density at radius 1 is 0.879 bits per heavy atom. The van der Waals surface area contributed by atoms with E-state index in [0.29, 0.717) is 43.7 Å². The highest BCUT2D eigenvalue weighted by molar-refractivity contribution is 5.96. The summed E-state index contributed by atoms with van der Waals surface area (Å²) in [6.45, 7) is 5.96. The van der Waals surface area contributed by atoms with Crippen LogP contribution in [0.25, 0.3) is 11.4 Å². The lowest BCUT2D eigenvalue weighted by molar-refractivity contribution is -0.138. The number of carbonyl (C=O) groups excluding carboxylic acids is 2. The van der Waals surface area contributed by atoms with Crippen molar-refractivity contribution in [2.75, 3.05) is 26.3 Å². The largest absolute Gasteiger partial charge is 0.463 e. The van der Waals surface area contributed by atoms with Gasteiger partial charge in [0.2, 0.25) is 0 Å². The second-order valence-corrected chi connectivity index (χ2v) is 7.36. The highest BCUT2D eigenvalue weighted by Gasteiger charge is 2.16. The molecule has 2 aromatic heterocycles. The molecule has 0 saturated heterocycles. The highest BCUT2D eigenvalue weighted by atomic mass is 16.5. The van der Waals surface area contributed by atoms with Crippen LogP contribution in [0.2, 0.25) is 0 Å². The number of nitrogens with one attached hydrogen (secondary N) is 2. The van der Waals surface area contributed by atoms with Gasteiger partial charge in [0.1, 0.15) is 0 Å². The Balaban J connectivity index is 1.91. The zero-order valence-corrected chi connectivity index (χ0v) is 19.1. The summed E-state index contributed by atoms with van der Waals surface area (Å²) >= 11 is 0.